The van der Waals surface area contributed by atoms with Crippen molar-refractivity contribution in [3.05, 3.63) is 11.9 Å². The Morgan fingerprint density at radius 3 is 1.57 bits per heavy atom. The van der Waals surface area contributed by atoms with Crippen LogP contribution in [0.3, 0.4) is 0 Å². The quantitative estimate of drug-likeness (QED) is 0.582. The number of hydrogen-bond donors (Lipinski definition) is 0. The van der Waals surface area contributed by atoms with Crippen LogP contribution in [0.2, 0.25) is 0 Å². The smallest absolute Gasteiger partial charge is 0.0170 e. The van der Waals surface area contributed by atoms with Crippen molar-refractivity contribution >= 4 is 7.92 Å². The molecule has 0 N–H and O–H groups in total. The maximum absolute atomic E-state index is 4.27. The van der Waals surface area contributed by atoms with E-state index in [1.54, 1.807) is 5.31 Å². The Hall–Kier alpha value is 0.170. The minimum Gasteiger partial charge on any atom is -0.0956 e. The van der Waals surface area contributed by atoms with Gasteiger partial charge in [0.2, 0.25) is 0 Å². The molecule has 0 spiro atoms. The third-order valence-electron chi connectivity index (χ3n) is 3.88. The van der Waals surface area contributed by atoms with Gasteiger partial charge in [0, 0.05) is 0 Å². The van der Waals surface area contributed by atoms with Crippen molar-refractivity contribution in [1.29, 1.82) is 0 Å². The summed E-state index contributed by atoms with van der Waals surface area (Å²) in [6.45, 7) is 6.57. The van der Waals surface area contributed by atoms with E-state index in [2.05, 4.69) is 13.5 Å². The summed E-state index contributed by atoms with van der Waals surface area (Å²) in [6, 6.07) is 0. The van der Waals surface area contributed by atoms with Crippen LogP contribution in [0.5, 0.6) is 0 Å². The zero-order valence-corrected chi connectivity index (χ0v) is 10.4. The minimum atomic E-state index is 0.184. The average molecular weight is 210 g/mol. The van der Waals surface area contributed by atoms with Gasteiger partial charge in [-0.3, -0.25) is 0 Å². The van der Waals surface area contributed by atoms with Gasteiger partial charge in [-0.2, -0.15) is 0 Å². The molecule has 0 aromatic carbocycles. The van der Waals surface area contributed by atoms with E-state index < -0.39 is 0 Å². The molecule has 2 fully saturated rings. The third-order valence-corrected chi connectivity index (χ3v) is 7.36. The second-order valence-electron chi connectivity index (χ2n) is 5.02. The van der Waals surface area contributed by atoms with Crippen LogP contribution in [-0.4, -0.2) is 11.3 Å². The van der Waals surface area contributed by atoms with Crippen molar-refractivity contribution in [2.45, 2.75) is 69.6 Å². The lowest BCUT2D eigenvalue weighted by molar-refractivity contribution is 0.832. The molecule has 2 aliphatic carbocycles. The molecule has 1 heteroatoms. The van der Waals surface area contributed by atoms with Crippen LogP contribution < -0.4 is 0 Å². The highest BCUT2D eigenvalue weighted by atomic mass is 31.1. The van der Waals surface area contributed by atoms with Crippen molar-refractivity contribution in [2.24, 2.45) is 0 Å². The van der Waals surface area contributed by atoms with E-state index >= 15 is 0 Å². The minimum absolute atomic E-state index is 0.184. The van der Waals surface area contributed by atoms with Gasteiger partial charge in [-0.25, -0.2) is 0 Å². The summed E-state index contributed by atoms with van der Waals surface area (Å²) >= 11 is 0. The van der Waals surface area contributed by atoms with Gasteiger partial charge in [0.05, 0.1) is 0 Å². The molecule has 0 bridgehead atoms. The van der Waals surface area contributed by atoms with Crippen molar-refractivity contribution < 1.29 is 0 Å². The molecular formula is C13H23P. The third kappa shape index (κ3) is 2.22. The van der Waals surface area contributed by atoms with Gasteiger partial charge >= 0.3 is 0 Å². The molecular weight excluding hydrogens is 187 g/mol. The number of rotatable bonds is 3. The predicted octanol–water partition coefficient (Wildman–Crippen LogP) is 4.89. The lowest BCUT2D eigenvalue weighted by Gasteiger charge is -2.30. The highest BCUT2D eigenvalue weighted by Gasteiger charge is 2.32. The van der Waals surface area contributed by atoms with Crippen LogP contribution in [-0.2, 0) is 0 Å². The van der Waals surface area contributed by atoms with Crippen LogP contribution in [0.4, 0.5) is 0 Å². The molecule has 0 aliphatic heterocycles. The van der Waals surface area contributed by atoms with Crippen LogP contribution in [0.1, 0.15) is 58.3 Å². The predicted molar refractivity (Wildman–Crippen MR) is 66.2 cm³/mol. The lowest BCUT2D eigenvalue weighted by atomic mass is 10.4. The van der Waals surface area contributed by atoms with Gasteiger partial charge < -0.3 is 0 Å². The van der Waals surface area contributed by atoms with Gasteiger partial charge in [-0.1, -0.05) is 45.5 Å². The summed E-state index contributed by atoms with van der Waals surface area (Å²) in [5.74, 6) is 0. The first-order valence-corrected chi connectivity index (χ1v) is 7.71. The highest BCUT2D eigenvalue weighted by Crippen LogP contribution is 2.61. The molecule has 2 saturated carbocycles. The summed E-state index contributed by atoms with van der Waals surface area (Å²) in [4.78, 5) is 0. The topological polar surface area (TPSA) is 0 Å². The first-order valence-electron chi connectivity index (χ1n) is 6.23. The molecule has 0 heterocycles. The van der Waals surface area contributed by atoms with E-state index in [-0.39, 0.29) is 7.92 Å². The first kappa shape index (κ1) is 10.7. The van der Waals surface area contributed by atoms with E-state index in [0.29, 0.717) is 0 Å². The van der Waals surface area contributed by atoms with E-state index in [0.717, 1.165) is 11.3 Å². The lowest BCUT2D eigenvalue weighted by Crippen LogP contribution is -2.10. The Labute approximate surface area is 89.9 Å². The molecule has 2 aliphatic rings. The first-order chi connectivity index (χ1) is 6.79. The highest BCUT2D eigenvalue weighted by molar-refractivity contribution is 7.63. The van der Waals surface area contributed by atoms with Crippen LogP contribution in [0.15, 0.2) is 11.9 Å². The molecule has 0 aromatic heterocycles. The van der Waals surface area contributed by atoms with Crippen molar-refractivity contribution in [1.82, 2.24) is 0 Å². The van der Waals surface area contributed by atoms with Gasteiger partial charge in [-0.05, 0) is 43.9 Å². The zero-order chi connectivity index (χ0) is 9.97. The molecule has 14 heavy (non-hydrogen) atoms. The maximum atomic E-state index is 4.27. The van der Waals surface area contributed by atoms with E-state index in [1.807, 2.05) is 0 Å². The van der Waals surface area contributed by atoms with Crippen LogP contribution >= 0.6 is 7.92 Å². The van der Waals surface area contributed by atoms with E-state index in [1.165, 1.54) is 51.4 Å². The van der Waals surface area contributed by atoms with Crippen LogP contribution in [0.25, 0.3) is 0 Å². The van der Waals surface area contributed by atoms with Crippen LogP contribution in [0, 0.1) is 0 Å². The zero-order valence-electron chi connectivity index (χ0n) is 9.47. The SMILES string of the molecule is C=C(C)P(C1CCCC1)C1CCCC1. The Balaban J connectivity index is 2.02. The van der Waals surface area contributed by atoms with Gasteiger partial charge in [0.1, 0.15) is 0 Å². The fraction of sp³-hybridized carbons (Fsp3) is 0.846. The molecule has 0 radical (unpaired) electrons. The molecule has 0 saturated heterocycles. The summed E-state index contributed by atoms with van der Waals surface area (Å²) in [5, 5.41) is 1.54. The molecule has 0 nitrogen and oxygen atoms in total. The summed E-state index contributed by atoms with van der Waals surface area (Å²) < 4.78 is 0. The number of allylic oxidation sites excluding steroid dienone is 1. The Morgan fingerprint density at radius 1 is 0.929 bits per heavy atom. The van der Waals surface area contributed by atoms with E-state index in [9.17, 15) is 0 Å². The normalized spacial score (nSPS) is 25.0. The maximum Gasteiger partial charge on any atom is -0.0170 e. The van der Waals surface area contributed by atoms with Crippen molar-refractivity contribution in [3.63, 3.8) is 0 Å². The summed E-state index contributed by atoms with van der Waals surface area (Å²) in [7, 11) is 0.184. The number of hydrogen-bond acceptors (Lipinski definition) is 0. The van der Waals surface area contributed by atoms with E-state index in [4.69, 9.17) is 0 Å². The van der Waals surface area contributed by atoms with Crippen molar-refractivity contribution in [2.75, 3.05) is 0 Å². The molecule has 0 amide bonds. The standard InChI is InChI=1S/C13H23P/c1-11(2)14(12-7-3-4-8-12)13-9-5-6-10-13/h12-13H,1,3-10H2,2H3. The fourth-order valence-electron chi connectivity index (χ4n) is 3.29. The molecule has 2 rings (SSSR count). The molecule has 0 aromatic rings. The van der Waals surface area contributed by atoms with Gasteiger partial charge in [0.25, 0.3) is 0 Å². The van der Waals surface area contributed by atoms with Gasteiger partial charge in [-0.15, -0.1) is 0 Å². The largest absolute Gasteiger partial charge is 0.0956 e. The molecule has 0 atom stereocenters. The fourth-order valence-corrected chi connectivity index (χ4v) is 6.97. The average Bonchev–Trinajstić information content (AvgIpc) is 2.75. The Kier molecular flexibility index (Phi) is 3.66. The molecule has 80 valence electrons. The van der Waals surface area contributed by atoms with Gasteiger partial charge in [0.15, 0.2) is 0 Å². The Morgan fingerprint density at radius 2 is 1.29 bits per heavy atom. The monoisotopic (exact) mass is 210 g/mol. The summed E-state index contributed by atoms with van der Waals surface area (Å²) in [6.07, 6.45) is 12.0. The summed E-state index contributed by atoms with van der Waals surface area (Å²) in [5.41, 5.74) is 2.12. The molecule has 0 unspecified atom stereocenters. The van der Waals surface area contributed by atoms with Crippen molar-refractivity contribution in [3.8, 4) is 0 Å². The second-order valence-corrected chi connectivity index (χ2v) is 8.06. The second kappa shape index (κ2) is 4.79. The Bertz CT molecular complexity index is 181.